The summed E-state index contributed by atoms with van der Waals surface area (Å²) in [4.78, 5) is 11.8. The van der Waals surface area contributed by atoms with Gasteiger partial charge in [0.05, 0.1) is 5.02 Å². The van der Waals surface area contributed by atoms with E-state index in [1.54, 1.807) is 18.2 Å². The van der Waals surface area contributed by atoms with Gasteiger partial charge in [-0.15, -0.1) is 0 Å². The van der Waals surface area contributed by atoms with Gasteiger partial charge in [0.1, 0.15) is 0 Å². The molecule has 3 N–H and O–H groups in total. The summed E-state index contributed by atoms with van der Waals surface area (Å²) in [7, 11) is 0. The molecule has 1 aliphatic rings. The van der Waals surface area contributed by atoms with E-state index in [9.17, 15) is 4.79 Å². The predicted molar refractivity (Wildman–Crippen MR) is 79.4 cm³/mol. The molecule has 102 valence electrons. The van der Waals surface area contributed by atoms with Crippen molar-refractivity contribution in [1.82, 2.24) is 5.32 Å². The third-order valence-electron chi connectivity index (χ3n) is 2.90. The maximum Gasteiger partial charge on any atom is 0.319 e. The van der Waals surface area contributed by atoms with Gasteiger partial charge in [-0.1, -0.05) is 23.8 Å². The summed E-state index contributed by atoms with van der Waals surface area (Å²) in [6.45, 7) is 0.112. The fraction of sp³-hybridized carbons (Fsp3) is 0.308. The number of benzene rings is 1. The van der Waals surface area contributed by atoms with Crippen LogP contribution in [0.4, 0.5) is 10.5 Å². The smallest absolute Gasteiger partial charge is 0.319 e. The van der Waals surface area contributed by atoms with Crippen LogP contribution in [0.5, 0.6) is 0 Å². The molecule has 2 rings (SSSR count). The number of hydrogen-bond donors (Lipinski definition) is 3. The highest BCUT2D eigenvalue weighted by Gasteiger charge is 2.19. The van der Waals surface area contributed by atoms with Crippen LogP contribution in [0.25, 0.3) is 0 Å². The second kappa shape index (κ2) is 6.41. The summed E-state index contributed by atoms with van der Waals surface area (Å²) in [5.41, 5.74) is 0.662. The van der Waals surface area contributed by atoms with Gasteiger partial charge in [0.25, 0.3) is 0 Å². The van der Waals surface area contributed by atoms with Gasteiger partial charge in [0.2, 0.25) is 0 Å². The van der Waals surface area contributed by atoms with Crippen molar-refractivity contribution >= 4 is 39.2 Å². The van der Waals surface area contributed by atoms with Gasteiger partial charge in [-0.05, 0) is 40.5 Å². The highest BCUT2D eigenvalue weighted by atomic mass is 79.9. The molecule has 0 fully saturated rings. The number of carbonyl (C=O) groups is 1. The molecule has 1 aromatic carbocycles. The normalized spacial score (nSPS) is 21.4. The molecule has 0 aromatic heterocycles. The third kappa shape index (κ3) is 3.96. The Morgan fingerprint density at radius 2 is 2.26 bits per heavy atom. The van der Waals surface area contributed by atoms with Crippen molar-refractivity contribution < 1.29 is 9.90 Å². The number of nitrogens with one attached hydrogen (secondary N) is 2. The molecule has 2 amide bonds. The van der Waals surface area contributed by atoms with Crippen molar-refractivity contribution in [3.05, 3.63) is 39.8 Å². The van der Waals surface area contributed by atoms with Crippen molar-refractivity contribution in [3.63, 3.8) is 0 Å². The molecule has 6 heteroatoms. The summed E-state index contributed by atoms with van der Waals surface area (Å²) in [5.74, 6) is 0.134. The number of halogens is 2. The summed E-state index contributed by atoms with van der Waals surface area (Å²) >= 11 is 9.18. The molecule has 0 saturated heterocycles. The first-order chi connectivity index (χ1) is 9.08. The van der Waals surface area contributed by atoms with Crippen LogP contribution in [0, 0.1) is 5.92 Å². The largest absolute Gasteiger partial charge is 0.396 e. The molecule has 0 heterocycles. The Morgan fingerprint density at radius 3 is 2.89 bits per heavy atom. The average Bonchev–Trinajstić information content (AvgIpc) is 2.81. The van der Waals surface area contributed by atoms with Crippen LogP contribution in [0.3, 0.4) is 0 Å². The summed E-state index contributed by atoms with van der Waals surface area (Å²) in [5, 5.41) is 15.2. The van der Waals surface area contributed by atoms with E-state index in [-0.39, 0.29) is 24.6 Å². The predicted octanol–water partition coefficient (Wildman–Crippen LogP) is 3.16. The maximum absolute atomic E-state index is 11.8. The van der Waals surface area contributed by atoms with Crippen molar-refractivity contribution in [2.75, 3.05) is 11.9 Å². The van der Waals surface area contributed by atoms with E-state index < -0.39 is 0 Å². The Labute approximate surface area is 125 Å². The number of aliphatic hydroxyl groups excluding tert-OH is 1. The summed E-state index contributed by atoms with van der Waals surface area (Å²) < 4.78 is 0.730. The topological polar surface area (TPSA) is 61.4 Å². The van der Waals surface area contributed by atoms with E-state index in [1.807, 2.05) is 12.2 Å². The number of carbonyl (C=O) groups excluding carboxylic acids is 1. The van der Waals surface area contributed by atoms with E-state index in [2.05, 4.69) is 26.6 Å². The summed E-state index contributed by atoms with van der Waals surface area (Å²) in [6.07, 6.45) is 4.55. The standard InChI is InChI=1S/C13H14BrClN2O2/c14-11-6-10(3-4-12(11)15)17-13(19)16-9-2-1-8(5-9)7-18/h1-4,6,8-9,18H,5,7H2,(H2,16,17,19)/t8-,9+/m0/s1. The van der Waals surface area contributed by atoms with Crippen LogP contribution >= 0.6 is 27.5 Å². The molecule has 0 bridgehead atoms. The zero-order valence-electron chi connectivity index (χ0n) is 10.1. The molecule has 1 aliphatic carbocycles. The van der Waals surface area contributed by atoms with Crippen LogP contribution < -0.4 is 10.6 Å². The molecular weight excluding hydrogens is 332 g/mol. The fourth-order valence-corrected chi connectivity index (χ4v) is 2.42. The van der Waals surface area contributed by atoms with Crippen molar-refractivity contribution in [2.45, 2.75) is 12.5 Å². The van der Waals surface area contributed by atoms with Gasteiger partial charge in [0.15, 0.2) is 0 Å². The first kappa shape index (κ1) is 14.4. The minimum absolute atomic E-state index is 0.0344. The van der Waals surface area contributed by atoms with Gasteiger partial charge < -0.3 is 15.7 Å². The molecule has 19 heavy (non-hydrogen) atoms. The Balaban J connectivity index is 1.88. The lowest BCUT2D eigenvalue weighted by atomic mass is 10.1. The molecule has 2 atom stereocenters. The highest BCUT2D eigenvalue weighted by Crippen LogP contribution is 2.25. The molecule has 0 radical (unpaired) electrons. The lowest BCUT2D eigenvalue weighted by molar-refractivity contribution is 0.238. The van der Waals surface area contributed by atoms with E-state index in [4.69, 9.17) is 16.7 Å². The molecular formula is C13H14BrClN2O2. The summed E-state index contributed by atoms with van der Waals surface area (Å²) in [6, 6.07) is 4.87. The van der Waals surface area contributed by atoms with Crippen LogP contribution in [-0.2, 0) is 0 Å². The van der Waals surface area contributed by atoms with Gasteiger partial charge in [-0.2, -0.15) is 0 Å². The minimum atomic E-state index is -0.275. The van der Waals surface area contributed by atoms with E-state index in [0.717, 1.165) is 10.9 Å². The Bertz CT molecular complexity index is 507. The fourth-order valence-electron chi connectivity index (χ4n) is 1.93. The molecule has 1 aromatic rings. The second-order valence-corrected chi connectivity index (χ2v) is 5.66. The van der Waals surface area contributed by atoms with Gasteiger partial charge in [-0.25, -0.2) is 4.79 Å². The highest BCUT2D eigenvalue weighted by molar-refractivity contribution is 9.10. The number of anilines is 1. The minimum Gasteiger partial charge on any atom is -0.396 e. The van der Waals surface area contributed by atoms with Crippen molar-refractivity contribution in [2.24, 2.45) is 5.92 Å². The van der Waals surface area contributed by atoms with Crippen LogP contribution in [-0.4, -0.2) is 23.8 Å². The van der Waals surface area contributed by atoms with Crippen molar-refractivity contribution in [3.8, 4) is 0 Å². The first-order valence-electron chi connectivity index (χ1n) is 5.90. The molecule has 4 nitrogen and oxygen atoms in total. The third-order valence-corrected chi connectivity index (χ3v) is 4.11. The number of urea groups is 1. The number of aliphatic hydroxyl groups is 1. The van der Waals surface area contributed by atoms with Crippen molar-refractivity contribution in [1.29, 1.82) is 0 Å². The maximum atomic E-state index is 11.8. The van der Waals surface area contributed by atoms with Gasteiger partial charge >= 0.3 is 6.03 Å². The van der Waals surface area contributed by atoms with E-state index in [1.165, 1.54) is 0 Å². The monoisotopic (exact) mass is 344 g/mol. The number of amides is 2. The quantitative estimate of drug-likeness (QED) is 0.737. The van der Waals surface area contributed by atoms with Crippen LogP contribution in [0.2, 0.25) is 5.02 Å². The van der Waals surface area contributed by atoms with Gasteiger partial charge in [-0.3, -0.25) is 0 Å². The SMILES string of the molecule is O=C(Nc1ccc(Cl)c(Br)c1)N[C@@H]1C=C[C@H](CO)C1. The second-order valence-electron chi connectivity index (χ2n) is 4.40. The van der Waals surface area contributed by atoms with E-state index in [0.29, 0.717) is 10.7 Å². The zero-order chi connectivity index (χ0) is 13.8. The average molecular weight is 346 g/mol. The first-order valence-corrected chi connectivity index (χ1v) is 7.07. The number of rotatable bonds is 3. The lowest BCUT2D eigenvalue weighted by Crippen LogP contribution is -2.36. The van der Waals surface area contributed by atoms with Crippen LogP contribution in [0.1, 0.15) is 6.42 Å². The Hall–Kier alpha value is -1.04. The van der Waals surface area contributed by atoms with Gasteiger partial charge in [0, 0.05) is 28.7 Å². The Kier molecular flexibility index (Phi) is 4.85. The lowest BCUT2D eigenvalue weighted by Gasteiger charge is -2.13. The van der Waals surface area contributed by atoms with Crippen LogP contribution in [0.15, 0.2) is 34.8 Å². The molecule has 0 saturated carbocycles. The Morgan fingerprint density at radius 1 is 1.47 bits per heavy atom. The van der Waals surface area contributed by atoms with E-state index >= 15 is 0 Å². The molecule has 0 unspecified atom stereocenters. The molecule has 0 aliphatic heterocycles. The zero-order valence-corrected chi connectivity index (χ0v) is 12.4. The molecule has 0 spiro atoms. The number of hydrogen-bond acceptors (Lipinski definition) is 2.